The highest BCUT2D eigenvalue weighted by atomic mass is 16.5. The molecule has 0 unspecified atom stereocenters. The van der Waals surface area contributed by atoms with Crippen molar-refractivity contribution in [2.75, 3.05) is 13.2 Å². The molecule has 0 saturated carbocycles. The smallest absolute Gasteiger partial charge is 0.119 e. The van der Waals surface area contributed by atoms with Crippen molar-refractivity contribution >= 4 is 0 Å². The molecule has 0 aliphatic heterocycles. The molecule has 0 aliphatic carbocycles. The first-order valence-corrected chi connectivity index (χ1v) is 5.75. The third-order valence-corrected chi connectivity index (χ3v) is 2.51. The molecule has 17 heavy (non-hydrogen) atoms. The van der Waals surface area contributed by atoms with Crippen LogP contribution in [0.3, 0.4) is 0 Å². The van der Waals surface area contributed by atoms with Crippen molar-refractivity contribution in [3.63, 3.8) is 0 Å². The number of benzene rings is 2. The second kappa shape index (κ2) is 6.06. The predicted octanol–water partition coefficient (Wildman–Crippen LogP) is 2.65. The summed E-state index contributed by atoms with van der Waals surface area (Å²) < 4.78 is 5.38. The van der Waals surface area contributed by atoms with Crippen molar-refractivity contribution in [3.8, 4) is 5.75 Å². The first-order valence-electron chi connectivity index (χ1n) is 5.75. The van der Waals surface area contributed by atoms with Crippen molar-refractivity contribution < 1.29 is 9.84 Å². The maximum Gasteiger partial charge on any atom is 0.119 e. The molecule has 0 aliphatic rings. The van der Waals surface area contributed by atoms with Gasteiger partial charge in [-0.1, -0.05) is 42.5 Å². The fourth-order valence-corrected chi connectivity index (χ4v) is 1.74. The van der Waals surface area contributed by atoms with Crippen LogP contribution in [0.1, 0.15) is 11.1 Å². The lowest BCUT2D eigenvalue weighted by Crippen LogP contribution is -2.01. The van der Waals surface area contributed by atoms with Gasteiger partial charge in [-0.2, -0.15) is 0 Å². The lowest BCUT2D eigenvalue weighted by molar-refractivity contribution is 0.201. The normalized spacial score (nSPS) is 10.2. The highest BCUT2D eigenvalue weighted by Gasteiger charge is 1.98. The van der Waals surface area contributed by atoms with Crippen LogP contribution < -0.4 is 4.74 Å². The molecule has 2 rings (SSSR count). The van der Waals surface area contributed by atoms with E-state index in [2.05, 4.69) is 18.2 Å². The molecule has 0 spiro atoms. The molecule has 2 aromatic rings. The van der Waals surface area contributed by atoms with E-state index in [0.29, 0.717) is 6.61 Å². The molecule has 2 aromatic carbocycles. The van der Waals surface area contributed by atoms with Gasteiger partial charge in [-0.25, -0.2) is 0 Å². The summed E-state index contributed by atoms with van der Waals surface area (Å²) in [4.78, 5) is 0. The first-order chi connectivity index (χ1) is 8.38. The third-order valence-electron chi connectivity index (χ3n) is 2.51. The molecule has 0 aromatic heterocycles. The van der Waals surface area contributed by atoms with Crippen molar-refractivity contribution in [2.45, 2.75) is 6.42 Å². The number of rotatable bonds is 5. The van der Waals surface area contributed by atoms with Crippen molar-refractivity contribution in [1.29, 1.82) is 0 Å². The van der Waals surface area contributed by atoms with E-state index in [4.69, 9.17) is 9.84 Å². The van der Waals surface area contributed by atoms with Crippen LogP contribution in [0.15, 0.2) is 54.6 Å². The van der Waals surface area contributed by atoms with Crippen molar-refractivity contribution in [1.82, 2.24) is 0 Å². The molecule has 2 nitrogen and oxygen atoms in total. The Morgan fingerprint density at radius 3 is 2.41 bits per heavy atom. The average molecular weight is 228 g/mol. The minimum Gasteiger partial charge on any atom is -0.491 e. The topological polar surface area (TPSA) is 29.5 Å². The Morgan fingerprint density at radius 2 is 1.65 bits per heavy atom. The van der Waals surface area contributed by atoms with Crippen LogP contribution in [0.4, 0.5) is 0 Å². The number of hydrogen-bond acceptors (Lipinski definition) is 2. The second-order valence-electron chi connectivity index (χ2n) is 3.88. The van der Waals surface area contributed by atoms with Gasteiger partial charge in [-0.3, -0.25) is 0 Å². The van der Waals surface area contributed by atoms with E-state index in [1.165, 1.54) is 11.1 Å². The zero-order valence-electron chi connectivity index (χ0n) is 9.67. The maximum atomic E-state index is 8.71. The van der Waals surface area contributed by atoms with Crippen LogP contribution in [0.2, 0.25) is 0 Å². The molecule has 0 bridgehead atoms. The third kappa shape index (κ3) is 3.61. The minimum absolute atomic E-state index is 0.0446. The highest BCUT2D eigenvalue weighted by molar-refractivity contribution is 5.32. The van der Waals surface area contributed by atoms with Gasteiger partial charge in [0.25, 0.3) is 0 Å². The summed E-state index contributed by atoms with van der Waals surface area (Å²) in [7, 11) is 0. The molecule has 0 amide bonds. The van der Waals surface area contributed by atoms with Gasteiger partial charge in [0.2, 0.25) is 0 Å². The lowest BCUT2D eigenvalue weighted by atomic mass is 10.1. The standard InChI is InChI=1S/C15H16O2/c16-9-10-17-15-8-4-7-14(12-15)11-13-5-2-1-3-6-13/h1-8,12,16H,9-11H2. The molecule has 0 saturated heterocycles. The molecular weight excluding hydrogens is 212 g/mol. The van der Waals surface area contributed by atoms with E-state index in [1.54, 1.807) is 0 Å². The summed E-state index contributed by atoms with van der Waals surface area (Å²) >= 11 is 0. The summed E-state index contributed by atoms with van der Waals surface area (Å²) in [5.41, 5.74) is 2.50. The van der Waals surface area contributed by atoms with E-state index in [9.17, 15) is 0 Å². The van der Waals surface area contributed by atoms with Crippen LogP contribution in [0.25, 0.3) is 0 Å². The summed E-state index contributed by atoms with van der Waals surface area (Å²) in [5, 5.41) is 8.71. The molecule has 0 radical (unpaired) electrons. The number of aliphatic hydroxyl groups excluding tert-OH is 1. The fourth-order valence-electron chi connectivity index (χ4n) is 1.74. The average Bonchev–Trinajstić information content (AvgIpc) is 2.38. The largest absolute Gasteiger partial charge is 0.491 e. The van der Waals surface area contributed by atoms with Gasteiger partial charge >= 0.3 is 0 Å². The SMILES string of the molecule is OCCOc1cccc(Cc2ccccc2)c1. The van der Waals surface area contributed by atoms with Crippen molar-refractivity contribution in [2.24, 2.45) is 0 Å². The van der Waals surface area contributed by atoms with Gasteiger partial charge in [0.1, 0.15) is 12.4 Å². The minimum atomic E-state index is 0.0446. The van der Waals surface area contributed by atoms with E-state index in [0.717, 1.165) is 12.2 Å². The lowest BCUT2D eigenvalue weighted by Gasteiger charge is -2.06. The molecule has 0 heterocycles. The maximum absolute atomic E-state index is 8.71. The van der Waals surface area contributed by atoms with Gasteiger partial charge in [0.05, 0.1) is 6.61 Å². The number of aliphatic hydroxyl groups is 1. The highest BCUT2D eigenvalue weighted by Crippen LogP contribution is 2.16. The Bertz CT molecular complexity index is 451. The van der Waals surface area contributed by atoms with Crippen LogP contribution in [0.5, 0.6) is 5.75 Å². The number of ether oxygens (including phenoxy) is 1. The second-order valence-corrected chi connectivity index (χ2v) is 3.88. The van der Waals surface area contributed by atoms with Crippen LogP contribution >= 0.6 is 0 Å². The van der Waals surface area contributed by atoms with Crippen LogP contribution in [-0.2, 0) is 6.42 Å². The van der Waals surface area contributed by atoms with Gasteiger partial charge in [-0.05, 0) is 29.7 Å². The molecule has 0 fully saturated rings. The number of hydrogen-bond donors (Lipinski definition) is 1. The molecule has 88 valence electrons. The summed E-state index contributed by atoms with van der Waals surface area (Å²) in [6, 6.07) is 18.3. The van der Waals surface area contributed by atoms with Crippen molar-refractivity contribution in [3.05, 3.63) is 65.7 Å². The van der Waals surface area contributed by atoms with E-state index >= 15 is 0 Å². The van der Waals surface area contributed by atoms with Crippen LogP contribution in [0, 0.1) is 0 Å². The Labute approximate surface area is 101 Å². The Hall–Kier alpha value is -1.80. The van der Waals surface area contributed by atoms with E-state index in [1.807, 2.05) is 36.4 Å². The quantitative estimate of drug-likeness (QED) is 0.852. The summed E-state index contributed by atoms with van der Waals surface area (Å²) in [5.74, 6) is 0.812. The summed E-state index contributed by atoms with van der Waals surface area (Å²) in [6.07, 6.45) is 0.900. The zero-order chi connectivity index (χ0) is 11.9. The Kier molecular flexibility index (Phi) is 4.17. The van der Waals surface area contributed by atoms with Gasteiger partial charge < -0.3 is 9.84 Å². The monoisotopic (exact) mass is 228 g/mol. The fraction of sp³-hybridized carbons (Fsp3) is 0.200. The van der Waals surface area contributed by atoms with Gasteiger partial charge in [0.15, 0.2) is 0 Å². The van der Waals surface area contributed by atoms with Gasteiger partial charge in [0, 0.05) is 0 Å². The predicted molar refractivity (Wildman–Crippen MR) is 68.3 cm³/mol. The molecular formula is C15H16O2. The van der Waals surface area contributed by atoms with Gasteiger partial charge in [-0.15, -0.1) is 0 Å². The summed E-state index contributed by atoms with van der Waals surface area (Å²) in [6.45, 7) is 0.387. The zero-order valence-corrected chi connectivity index (χ0v) is 9.67. The molecule has 2 heteroatoms. The van der Waals surface area contributed by atoms with E-state index in [-0.39, 0.29) is 6.61 Å². The van der Waals surface area contributed by atoms with E-state index < -0.39 is 0 Å². The Balaban J connectivity index is 2.06. The molecule has 1 N–H and O–H groups in total. The van der Waals surface area contributed by atoms with Crippen LogP contribution in [-0.4, -0.2) is 18.3 Å². The first kappa shape index (κ1) is 11.7. The Morgan fingerprint density at radius 1 is 0.882 bits per heavy atom. The molecule has 0 atom stereocenters.